The molecular formula is C20H13F2N5O2S. The Balaban J connectivity index is 1.70. The summed E-state index contributed by atoms with van der Waals surface area (Å²) in [7, 11) is -4.12. The summed E-state index contributed by atoms with van der Waals surface area (Å²) in [5.74, 6) is 3.01. The largest absolute Gasteiger partial charge is 0.277 e. The molecule has 0 spiro atoms. The Morgan fingerprint density at radius 3 is 2.73 bits per heavy atom. The van der Waals surface area contributed by atoms with Gasteiger partial charge in [0.05, 0.1) is 23.1 Å². The first-order chi connectivity index (χ1) is 14.3. The number of halogens is 2. The second kappa shape index (κ2) is 7.53. The first-order valence-corrected chi connectivity index (χ1v) is 10.1. The fraction of sp³-hybridized carbons (Fsp3) is 0.0500. The van der Waals surface area contributed by atoms with E-state index in [1.165, 1.54) is 31.5 Å². The third-order valence-corrected chi connectivity index (χ3v) is 5.71. The van der Waals surface area contributed by atoms with Crippen molar-refractivity contribution in [2.24, 2.45) is 0 Å². The molecule has 0 bridgehead atoms. The molecule has 4 aromatic rings. The third kappa shape index (κ3) is 3.70. The van der Waals surface area contributed by atoms with Crippen molar-refractivity contribution in [2.45, 2.75) is 11.8 Å². The maximum absolute atomic E-state index is 14.9. The van der Waals surface area contributed by atoms with Gasteiger partial charge in [-0.1, -0.05) is 11.8 Å². The van der Waals surface area contributed by atoms with Crippen LogP contribution >= 0.6 is 0 Å². The van der Waals surface area contributed by atoms with Crippen molar-refractivity contribution in [1.82, 2.24) is 20.2 Å². The topological polar surface area (TPSA) is 101 Å². The molecule has 3 heterocycles. The summed E-state index contributed by atoms with van der Waals surface area (Å²) in [5.41, 5.74) is 0.229. The number of rotatable bonds is 3. The van der Waals surface area contributed by atoms with Crippen LogP contribution in [-0.4, -0.2) is 28.6 Å². The molecule has 2 N–H and O–H groups in total. The SMILES string of the molecule is Cc1ncccc1S(=O)(=O)Nc1ccc(F)c(C#Cc2cnc3[nH]ncc3c2)c1F. The van der Waals surface area contributed by atoms with Crippen LogP contribution in [0.15, 0.2) is 53.8 Å². The fourth-order valence-corrected chi connectivity index (χ4v) is 4.00. The summed E-state index contributed by atoms with van der Waals surface area (Å²) in [5, 5.41) is 7.22. The van der Waals surface area contributed by atoms with E-state index in [2.05, 4.69) is 36.7 Å². The standard InChI is InChI=1S/C20H13F2N5O2S/c1-12-18(3-2-8-23-12)30(28,29)27-17-7-6-16(21)15(19(17)22)5-4-13-9-14-11-25-26-20(14)24-10-13/h2-3,6-11,27H,1H3,(H,24,25,26). The van der Waals surface area contributed by atoms with Crippen LogP contribution in [0, 0.1) is 30.4 Å². The van der Waals surface area contributed by atoms with E-state index in [1.807, 2.05) is 0 Å². The maximum Gasteiger partial charge on any atom is 0.263 e. The van der Waals surface area contributed by atoms with Crippen LogP contribution in [0.4, 0.5) is 14.5 Å². The van der Waals surface area contributed by atoms with Gasteiger partial charge in [0.2, 0.25) is 0 Å². The Labute approximate surface area is 170 Å². The molecule has 0 atom stereocenters. The number of pyridine rings is 2. The molecule has 30 heavy (non-hydrogen) atoms. The first-order valence-electron chi connectivity index (χ1n) is 8.59. The minimum absolute atomic E-state index is 0.110. The highest BCUT2D eigenvalue weighted by Gasteiger charge is 2.21. The maximum atomic E-state index is 14.9. The molecular weight excluding hydrogens is 412 g/mol. The van der Waals surface area contributed by atoms with E-state index >= 15 is 0 Å². The molecule has 0 saturated carbocycles. The number of benzene rings is 1. The van der Waals surface area contributed by atoms with Gasteiger partial charge in [0.15, 0.2) is 11.5 Å². The van der Waals surface area contributed by atoms with Crippen molar-refractivity contribution >= 4 is 26.7 Å². The smallest absolute Gasteiger partial charge is 0.263 e. The predicted molar refractivity (Wildman–Crippen MR) is 106 cm³/mol. The lowest BCUT2D eigenvalue weighted by Gasteiger charge is -2.11. The van der Waals surface area contributed by atoms with Crippen molar-refractivity contribution in [1.29, 1.82) is 0 Å². The van der Waals surface area contributed by atoms with Crippen molar-refractivity contribution in [3.05, 3.63) is 77.4 Å². The molecule has 4 rings (SSSR count). The van der Waals surface area contributed by atoms with Crippen LogP contribution in [0.3, 0.4) is 0 Å². The molecule has 0 saturated heterocycles. The number of sulfonamides is 1. The number of H-pyrrole nitrogens is 1. The molecule has 0 amide bonds. The van der Waals surface area contributed by atoms with Gasteiger partial charge in [-0.25, -0.2) is 22.2 Å². The second-order valence-corrected chi connectivity index (χ2v) is 7.91. The zero-order chi connectivity index (χ0) is 21.3. The zero-order valence-electron chi connectivity index (χ0n) is 15.4. The fourth-order valence-electron chi connectivity index (χ4n) is 2.74. The summed E-state index contributed by atoms with van der Waals surface area (Å²) < 4.78 is 56.4. The van der Waals surface area contributed by atoms with E-state index < -0.39 is 32.9 Å². The highest BCUT2D eigenvalue weighted by Crippen LogP contribution is 2.24. The van der Waals surface area contributed by atoms with Gasteiger partial charge < -0.3 is 0 Å². The van der Waals surface area contributed by atoms with Gasteiger partial charge in [-0.15, -0.1) is 0 Å². The first kappa shape index (κ1) is 19.5. The molecule has 1 aromatic carbocycles. The number of nitrogens with one attached hydrogen (secondary N) is 2. The molecule has 7 nitrogen and oxygen atoms in total. The Kier molecular flexibility index (Phi) is 4.89. The number of aromatic nitrogens is 4. The Bertz CT molecular complexity index is 1440. The van der Waals surface area contributed by atoms with E-state index in [9.17, 15) is 17.2 Å². The van der Waals surface area contributed by atoms with E-state index in [0.717, 1.165) is 12.1 Å². The number of anilines is 1. The van der Waals surface area contributed by atoms with Gasteiger partial charge in [0.1, 0.15) is 10.7 Å². The molecule has 0 fully saturated rings. The van der Waals surface area contributed by atoms with E-state index in [-0.39, 0.29) is 10.6 Å². The normalized spacial score (nSPS) is 11.2. The van der Waals surface area contributed by atoms with Crippen LogP contribution < -0.4 is 4.72 Å². The minimum Gasteiger partial charge on any atom is -0.277 e. The molecule has 0 aliphatic rings. The molecule has 150 valence electrons. The number of aryl methyl sites for hydroxylation is 1. The van der Waals surface area contributed by atoms with Crippen molar-refractivity contribution < 1.29 is 17.2 Å². The molecule has 0 aliphatic heterocycles. The van der Waals surface area contributed by atoms with E-state index in [1.54, 1.807) is 12.3 Å². The van der Waals surface area contributed by atoms with Crippen molar-refractivity contribution in [3.8, 4) is 11.8 Å². The Hall–Kier alpha value is -3.84. The van der Waals surface area contributed by atoms with Crippen LogP contribution in [-0.2, 0) is 10.0 Å². The number of nitrogens with zero attached hydrogens (tertiary/aromatic N) is 3. The highest BCUT2D eigenvalue weighted by atomic mass is 32.2. The molecule has 3 aromatic heterocycles. The monoisotopic (exact) mass is 425 g/mol. The van der Waals surface area contributed by atoms with Crippen LogP contribution in [0.5, 0.6) is 0 Å². The lowest BCUT2D eigenvalue weighted by Crippen LogP contribution is -2.16. The van der Waals surface area contributed by atoms with Gasteiger partial charge in [0.25, 0.3) is 10.0 Å². The zero-order valence-corrected chi connectivity index (χ0v) is 16.3. The minimum atomic E-state index is -4.12. The molecule has 0 unspecified atom stereocenters. The van der Waals surface area contributed by atoms with Gasteiger partial charge in [0, 0.05) is 23.3 Å². The van der Waals surface area contributed by atoms with E-state index in [4.69, 9.17) is 0 Å². The number of hydrogen-bond acceptors (Lipinski definition) is 5. The quantitative estimate of drug-likeness (QED) is 0.491. The summed E-state index contributed by atoms with van der Waals surface area (Å²) in [6.07, 6.45) is 4.42. The molecule has 0 radical (unpaired) electrons. The van der Waals surface area contributed by atoms with Crippen LogP contribution in [0.2, 0.25) is 0 Å². The number of fused-ring (bicyclic) bond motifs is 1. The number of hydrogen-bond donors (Lipinski definition) is 2. The second-order valence-electron chi connectivity index (χ2n) is 6.26. The highest BCUT2D eigenvalue weighted by molar-refractivity contribution is 7.92. The molecule has 10 heteroatoms. The lowest BCUT2D eigenvalue weighted by molar-refractivity contribution is 0.577. The summed E-state index contributed by atoms with van der Waals surface area (Å²) in [6.45, 7) is 1.51. The summed E-state index contributed by atoms with van der Waals surface area (Å²) in [4.78, 5) is 7.90. The van der Waals surface area contributed by atoms with Gasteiger partial charge in [-0.2, -0.15) is 5.10 Å². The Morgan fingerprint density at radius 1 is 1.10 bits per heavy atom. The van der Waals surface area contributed by atoms with E-state index in [0.29, 0.717) is 16.6 Å². The lowest BCUT2D eigenvalue weighted by atomic mass is 10.1. The predicted octanol–water partition coefficient (Wildman–Crippen LogP) is 3.14. The Morgan fingerprint density at radius 2 is 1.93 bits per heavy atom. The summed E-state index contributed by atoms with van der Waals surface area (Å²) >= 11 is 0. The average molecular weight is 425 g/mol. The van der Waals surface area contributed by atoms with Crippen LogP contribution in [0.25, 0.3) is 11.0 Å². The summed E-state index contributed by atoms with van der Waals surface area (Å²) in [6, 6.07) is 6.39. The molecule has 0 aliphatic carbocycles. The van der Waals surface area contributed by atoms with Gasteiger partial charge in [-0.3, -0.25) is 14.8 Å². The number of aromatic amines is 1. The van der Waals surface area contributed by atoms with Gasteiger partial charge in [-0.05, 0) is 37.3 Å². The average Bonchev–Trinajstić information content (AvgIpc) is 3.18. The van der Waals surface area contributed by atoms with Gasteiger partial charge >= 0.3 is 0 Å². The third-order valence-electron chi connectivity index (χ3n) is 4.21. The van der Waals surface area contributed by atoms with Crippen LogP contribution in [0.1, 0.15) is 16.8 Å². The van der Waals surface area contributed by atoms with Crippen molar-refractivity contribution in [2.75, 3.05) is 4.72 Å². The van der Waals surface area contributed by atoms with Crippen molar-refractivity contribution in [3.63, 3.8) is 0 Å².